The highest BCUT2D eigenvalue weighted by molar-refractivity contribution is 6.93. The van der Waals surface area contributed by atoms with Crippen molar-refractivity contribution in [2.45, 2.75) is 77.9 Å². The van der Waals surface area contributed by atoms with E-state index in [1.807, 2.05) is 18.2 Å². The first-order valence-corrected chi connectivity index (χ1v) is 15.5. The van der Waals surface area contributed by atoms with Crippen molar-refractivity contribution in [2.24, 2.45) is 0 Å². The molecular formula is C28H32N2O6Si. The predicted octanol–water partition coefficient (Wildman–Crippen LogP) is 3.72. The molecule has 5 rings (SSSR count). The molecule has 0 saturated carbocycles. The van der Waals surface area contributed by atoms with Gasteiger partial charge in [0.1, 0.15) is 12.4 Å². The zero-order valence-electron chi connectivity index (χ0n) is 22.3. The van der Waals surface area contributed by atoms with E-state index < -0.39 is 25.6 Å². The normalized spacial score (nSPS) is 18.8. The van der Waals surface area contributed by atoms with Gasteiger partial charge in [-0.15, -0.1) is 0 Å². The summed E-state index contributed by atoms with van der Waals surface area (Å²) in [6.45, 7) is 14.4. The summed E-state index contributed by atoms with van der Waals surface area (Å²) in [5.41, 5.74) is 1.12. The van der Waals surface area contributed by atoms with Gasteiger partial charge in [0.05, 0.1) is 37.1 Å². The minimum atomic E-state index is -2.08. The molecule has 1 aromatic carbocycles. The van der Waals surface area contributed by atoms with E-state index in [1.54, 1.807) is 17.6 Å². The summed E-state index contributed by atoms with van der Waals surface area (Å²) in [6.07, 6.45) is 0.0843. The number of hydrogen-bond donors (Lipinski definition) is 1. The van der Waals surface area contributed by atoms with E-state index in [0.29, 0.717) is 17.1 Å². The number of fused-ring (bicyclic) bond motifs is 5. The smallest absolute Gasteiger partial charge is 0.343 e. The van der Waals surface area contributed by atoms with Crippen LogP contribution >= 0.6 is 0 Å². The number of esters is 2. The van der Waals surface area contributed by atoms with Gasteiger partial charge in [-0.1, -0.05) is 46.9 Å². The van der Waals surface area contributed by atoms with E-state index in [1.165, 1.54) is 6.92 Å². The van der Waals surface area contributed by atoms with Gasteiger partial charge in [-0.05, 0) is 34.8 Å². The fraction of sp³-hybridized carbons (Fsp3) is 0.429. The van der Waals surface area contributed by atoms with E-state index in [2.05, 4.69) is 33.9 Å². The molecule has 4 heterocycles. The Morgan fingerprint density at radius 2 is 1.95 bits per heavy atom. The third-order valence-electron chi connectivity index (χ3n) is 8.44. The zero-order valence-corrected chi connectivity index (χ0v) is 23.3. The predicted molar refractivity (Wildman–Crippen MR) is 143 cm³/mol. The Morgan fingerprint density at radius 1 is 1.24 bits per heavy atom. The average molecular weight is 521 g/mol. The first kappa shape index (κ1) is 25.4. The summed E-state index contributed by atoms with van der Waals surface area (Å²) in [5, 5.41) is 13.0. The number of rotatable bonds is 3. The molecule has 0 radical (unpaired) electrons. The van der Waals surface area contributed by atoms with Crippen molar-refractivity contribution in [3.05, 3.63) is 51.3 Å². The van der Waals surface area contributed by atoms with Crippen LogP contribution in [0.1, 0.15) is 57.7 Å². The lowest BCUT2D eigenvalue weighted by atomic mass is 9.86. The van der Waals surface area contributed by atoms with Gasteiger partial charge in [0, 0.05) is 23.4 Å². The van der Waals surface area contributed by atoms with Crippen LogP contribution in [-0.2, 0) is 33.1 Å². The number of ether oxygens (including phenoxy) is 2. The molecule has 0 saturated heterocycles. The summed E-state index contributed by atoms with van der Waals surface area (Å²) < 4.78 is 12.3. The number of benzene rings is 1. The molecule has 0 bridgehead atoms. The maximum atomic E-state index is 13.5. The number of pyridine rings is 2. The van der Waals surface area contributed by atoms with Crippen LogP contribution in [0.15, 0.2) is 29.1 Å². The van der Waals surface area contributed by atoms with Crippen molar-refractivity contribution in [3.8, 4) is 17.1 Å². The molecule has 37 heavy (non-hydrogen) atoms. The van der Waals surface area contributed by atoms with Crippen LogP contribution in [0.25, 0.3) is 22.3 Å². The number of aromatic nitrogens is 2. The molecule has 2 aromatic heterocycles. The molecular weight excluding hydrogens is 488 g/mol. The highest BCUT2D eigenvalue weighted by Crippen LogP contribution is 2.41. The second-order valence-corrected chi connectivity index (χ2v) is 16.9. The number of carbonyl (C=O) groups is 2. The Kier molecular flexibility index (Phi) is 5.55. The van der Waals surface area contributed by atoms with Gasteiger partial charge in [0.25, 0.3) is 5.56 Å². The molecule has 2 aliphatic heterocycles. The Balaban J connectivity index is 1.82. The van der Waals surface area contributed by atoms with Crippen molar-refractivity contribution in [2.75, 3.05) is 0 Å². The van der Waals surface area contributed by atoms with E-state index in [-0.39, 0.29) is 41.3 Å². The van der Waals surface area contributed by atoms with Crippen molar-refractivity contribution < 1.29 is 24.2 Å². The fourth-order valence-corrected chi connectivity index (χ4v) is 7.28. The molecule has 0 spiro atoms. The zero-order chi connectivity index (χ0) is 27.1. The quantitative estimate of drug-likeness (QED) is 0.249. The minimum absolute atomic E-state index is 0.0233. The van der Waals surface area contributed by atoms with Crippen LogP contribution in [-0.4, -0.2) is 34.7 Å². The topological polar surface area (TPSA) is 108 Å². The highest BCUT2D eigenvalue weighted by Gasteiger charge is 2.45. The van der Waals surface area contributed by atoms with Crippen molar-refractivity contribution in [1.82, 2.24) is 9.55 Å². The van der Waals surface area contributed by atoms with Crippen molar-refractivity contribution in [3.63, 3.8) is 0 Å². The molecule has 9 heteroatoms. The third-order valence-corrected chi connectivity index (χ3v) is 13.9. The van der Waals surface area contributed by atoms with Gasteiger partial charge >= 0.3 is 11.9 Å². The number of carbonyl (C=O) groups excluding carboxylic acids is 2. The molecule has 8 nitrogen and oxygen atoms in total. The van der Waals surface area contributed by atoms with Crippen LogP contribution in [0.4, 0.5) is 0 Å². The van der Waals surface area contributed by atoms with E-state index in [4.69, 9.17) is 14.5 Å². The van der Waals surface area contributed by atoms with Crippen LogP contribution in [0.2, 0.25) is 18.1 Å². The first-order chi connectivity index (χ1) is 17.2. The van der Waals surface area contributed by atoms with Gasteiger partial charge in [0.15, 0.2) is 5.60 Å². The van der Waals surface area contributed by atoms with E-state index >= 15 is 0 Å². The summed E-state index contributed by atoms with van der Waals surface area (Å²) in [7, 11) is -2.08. The third kappa shape index (κ3) is 3.59. The minimum Gasteiger partial charge on any atom is -0.458 e. The van der Waals surface area contributed by atoms with Gasteiger partial charge < -0.3 is 19.1 Å². The van der Waals surface area contributed by atoms with Gasteiger partial charge in [-0.3, -0.25) is 9.59 Å². The molecule has 1 N–H and O–H groups in total. The molecule has 1 atom stereocenters. The Morgan fingerprint density at radius 3 is 2.57 bits per heavy atom. The SMILES string of the molecule is CCC1(O)C(=O)OCc2c1cc1n(c2=O)Cc2cc3c(OC(C)=O)ccc([Si](C)(C)C(C)(C)C)c3nc2-1. The number of nitrogens with zero attached hydrogens (tertiary/aromatic N) is 2. The molecule has 3 aromatic rings. The molecule has 194 valence electrons. The average Bonchev–Trinajstić information content (AvgIpc) is 3.17. The number of cyclic esters (lactones) is 1. The lowest BCUT2D eigenvalue weighted by Crippen LogP contribution is -2.50. The second kappa shape index (κ2) is 8.10. The Bertz CT molecular complexity index is 1570. The Labute approximate surface area is 216 Å². The summed E-state index contributed by atoms with van der Waals surface area (Å²) in [6, 6.07) is 7.52. The van der Waals surface area contributed by atoms with Crippen LogP contribution in [0.3, 0.4) is 0 Å². The van der Waals surface area contributed by atoms with Crippen LogP contribution < -0.4 is 15.5 Å². The van der Waals surface area contributed by atoms with Gasteiger partial charge in [-0.2, -0.15) is 0 Å². The second-order valence-electron chi connectivity index (χ2n) is 11.6. The van der Waals surface area contributed by atoms with Crippen LogP contribution in [0.5, 0.6) is 5.75 Å². The monoisotopic (exact) mass is 520 g/mol. The molecule has 1 unspecified atom stereocenters. The molecule has 0 aliphatic carbocycles. The largest absolute Gasteiger partial charge is 0.458 e. The number of aliphatic hydroxyl groups is 1. The lowest BCUT2D eigenvalue weighted by Gasteiger charge is -2.38. The standard InChI is InChI=1S/C28H32N2O6Si/c1-8-28(34)19-12-20-23-16(13-30(20)25(32)18(19)14-35-26(28)33)11-17-21(36-15(2)31)9-10-22(24(17)29-23)37(6,7)27(3,4)5/h9-12,34H,8,13-14H2,1-7H3. The first-order valence-electron chi connectivity index (χ1n) is 12.5. The van der Waals surface area contributed by atoms with Crippen LogP contribution in [0, 0.1) is 0 Å². The maximum absolute atomic E-state index is 13.5. The van der Waals surface area contributed by atoms with Crippen molar-refractivity contribution in [1.29, 1.82) is 0 Å². The lowest BCUT2D eigenvalue weighted by molar-refractivity contribution is -0.172. The highest BCUT2D eigenvalue weighted by atomic mass is 28.3. The summed E-state index contributed by atoms with van der Waals surface area (Å²) in [5.74, 6) is -0.734. The Hall–Kier alpha value is -3.30. The fourth-order valence-electron chi connectivity index (χ4n) is 5.19. The van der Waals surface area contributed by atoms with Gasteiger partial charge in [-0.25, -0.2) is 9.78 Å². The van der Waals surface area contributed by atoms with E-state index in [0.717, 1.165) is 21.7 Å². The molecule has 0 amide bonds. The van der Waals surface area contributed by atoms with E-state index in [9.17, 15) is 19.5 Å². The van der Waals surface area contributed by atoms with Crippen molar-refractivity contribution >= 4 is 36.1 Å². The number of hydrogen-bond acceptors (Lipinski definition) is 7. The molecule has 2 aliphatic rings. The van der Waals surface area contributed by atoms with Gasteiger partial charge in [0.2, 0.25) is 0 Å². The molecule has 0 fully saturated rings. The summed E-state index contributed by atoms with van der Waals surface area (Å²) >= 11 is 0. The summed E-state index contributed by atoms with van der Waals surface area (Å²) in [4.78, 5) is 43.0. The maximum Gasteiger partial charge on any atom is 0.343 e.